The van der Waals surface area contributed by atoms with Gasteiger partial charge in [0, 0.05) is 25.3 Å². The van der Waals surface area contributed by atoms with Crippen LogP contribution in [0.4, 0.5) is 0 Å². The summed E-state index contributed by atoms with van der Waals surface area (Å²) in [5.74, 6) is 1.65. The van der Waals surface area contributed by atoms with Crippen LogP contribution in [0.5, 0.6) is 11.5 Å². The molecule has 0 N–H and O–H groups in total. The van der Waals surface area contributed by atoms with Gasteiger partial charge in [0.25, 0.3) is 0 Å². The van der Waals surface area contributed by atoms with Crippen LogP contribution in [0.3, 0.4) is 0 Å². The predicted octanol–water partition coefficient (Wildman–Crippen LogP) is 3.79. The van der Waals surface area contributed by atoms with E-state index in [4.69, 9.17) is 14.2 Å². The maximum Gasteiger partial charge on any atom is 0.223 e. The monoisotopic (exact) mass is 411 g/mol. The lowest BCUT2D eigenvalue weighted by Gasteiger charge is -2.27. The standard InChI is InChI=1S/C24H29NO5/c1-17(19-6-10-22(29-3)11-7-19)25-15-20(14-24(25)27)23(12-13-26)30-16-18-4-8-21(28-2)9-5-18/h4-11,13,17,20,23H,12,14-16H2,1-3H3/t17-,20-,23-/m1/s1. The number of amides is 1. The largest absolute Gasteiger partial charge is 0.497 e. The minimum atomic E-state index is -0.290. The molecule has 1 heterocycles. The van der Waals surface area contributed by atoms with Gasteiger partial charge in [-0.25, -0.2) is 0 Å². The SMILES string of the molecule is COc1ccc(CO[C@H](CC=O)[C@@H]2CC(=O)N([C@H](C)c3ccc(OC)cc3)C2)cc1. The lowest BCUT2D eigenvalue weighted by Crippen LogP contribution is -2.31. The fourth-order valence-electron chi connectivity index (χ4n) is 3.86. The second-order valence-corrected chi connectivity index (χ2v) is 7.56. The maximum atomic E-state index is 12.7. The molecule has 0 saturated carbocycles. The van der Waals surface area contributed by atoms with Crippen LogP contribution in [0.25, 0.3) is 0 Å². The Balaban J connectivity index is 1.63. The Labute approximate surface area is 177 Å². The first-order valence-electron chi connectivity index (χ1n) is 10.2. The van der Waals surface area contributed by atoms with Crippen molar-refractivity contribution in [3.05, 3.63) is 59.7 Å². The van der Waals surface area contributed by atoms with E-state index in [-0.39, 0.29) is 30.4 Å². The molecular weight excluding hydrogens is 382 g/mol. The van der Waals surface area contributed by atoms with Crippen LogP contribution in [0.1, 0.15) is 36.9 Å². The van der Waals surface area contributed by atoms with E-state index in [9.17, 15) is 9.59 Å². The smallest absolute Gasteiger partial charge is 0.223 e. The van der Waals surface area contributed by atoms with Crippen molar-refractivity contribution < 1.29 is 23.8 Å². The van der Waals surface area contributed by atoms with E-state index in [2.05, 4.69) is 0 Å². The summed E-state index contributed by atoms with van der Waals surface area (Å²) in [4.78, 5) is 25.8. The third kappa shape index (κ3) is 5.19. The summed E-state index contributed by atoms with van der Waals surface area (Å²) >= 11 is 0. The molecule has 160 valence electrons. The van der Waals surface area contributed by atoms with Gasteiger partial charge < -0.3 is 23.9 Å². The zero-order chi connectivity index (χ0) is 21.5. The normalized spacial score (nSPS) is 18.2. The summed E-state index contributed by atoms with van der Waals surface area (Å²) in [6, 6.07) is 15.3. The summed E-state index contributed by atoms with van der Waals surface area (Å²) in [6.07, 6.45) is 1.25. The van der Waals surface area contributed by atoms with Gasteiger partial charge in [0.2, 0.25) is 5.91 Å². The number of methoxy groups -OCH3 is 2. The van der Waals surface area contributed by atoms with Gasteiger partial charge >= 0.3 is 0 Å². The zero-order valence-corrected chi connectivity index (χ0v) is 17.7. The molecule has 6 nitrogen and oxygen atoms in total. The molecule has 3 atom stereocenters. The van der Waals surface area contributed by atoms with E-state index in [1.807, 2.05) is 60.4 Å². The lowest BCUT2D eigenvalue weighted by atomic mass is 9.99. The van der Waals surface area contributed by atoms with Crippen molar-refractivity contribution in [1.29, 1.82) is 0 Å². The lowest BCUT2D eigenvalue weighted by molar-refractivity contribution is -0.129. The topological polar surface area (TPSA) is 65.1 Å². The van der Waals surface area contributed by atoms with Crippen LogP contribution in [0, 0.1) is 5.92 Å². The Kier molecular flexibility index (Phi) is 7.46. The number of hydrogen-bond acceptors (Lipinski definition) is 5. The molecule has 0 aliphatic carbocycles. The van der Waals surface area contributed by atoms with Crippen molar-refractivity contribution in [2.75, 3.05) is 20.8 Å². The van der Waals surface area contributed by atoms with Crippen molar-refractivity contribution in [3.8, 4) is 11.5 Å². The number of hydrogen-bond donors (Lipinski definition) is 0. The first kappa shape index (κ1) is 21.8. The van der Waals surface area contributed by atoms with E-state index < -0.39 is 0 Å². The minimum Gasteiger partial charge on any atom is -0.497 e. The second kappa shape index (κ2) is 10.3. The van der Waals surface area contributed by atoms with Crippen molar-refractivity contribution in [1.82, 2.24) is 4.90 Å². The predicted molar refractivity (Wildman–Crippen MR) is 113 cm³/mol. The number of aldehydes is 1. The van der Waals surface area contributed by atoms with E-state index in [1.165, 1.54) is 0 Å². The molecule has 2 aromatic carbocycles. The molecule has 0 aromatic heterocycles. The number of carbonyl (C=O) groups excluding carboxylic acids is 2. The van der Waals surface area contributed by atoms with Gasteiger partial charge in [-0.2, -0.15) is 0 Å². The number of carbonyl (C=O) groups is 2. The highest BCUT2D eigenvalue weighted by Gasteiger charge is 2.37. The number of benzene rings is 2. The molecule has 30 heavy (non-hydrogen) atoms. The summed E-state index contributed by atoms with van der Waals surface area (Å²) < 4.78 is 16.5. The molecule has 1 aliphatic heterocycles. The minimum absolute atomic E-state index is 0.0124. The molecular formula is C24H29NO5. The summed E-state index contributed by atoms with van der Waals surface area (Å²) in [6.45, 7) is 2.99. The van der Waals surface area contributed by atoms with E-state index in [0.717, 1.165) is 28.9 Å². The number of nitrogens with zero attached hydrogens (tertiary/aromatic N) is 1. The van der Waals surface area contributed by atoms with Crippen LogP contribution in [0.15, 0.2) is 48.5 Å². The van der Waals surface area contributed by atoms with Crippen molar-refractivity contribution in [3.63, 3.8) is 0 Å². The average Bonchev–Trinajstić information content (AvgIpc) is 3.17. The highest BCUT2D eigenvalue weighted by molar-refractivity contribution is 5.79. The van der Waals surface area contributed by atoms with Crippen LogP contribution < -0.4 is 9.47 Å². The molecule has 0 unspecified atom stereocenters. The summed E-state index contributed by atoms with van der Waals surface area (Å²) in [7, 11) is 3.26. The van der Waals surface area contributed by atoms with Gasteiger partial charge in [0.1, 0.15) is 17.8 Å². The maximum absolute atomic E-state index is 12.7. The number of likely N-dealkylation sites (tertiary alicyclic amines) is 1. The third-order valence-electron chi connectivity index (χ3n) is 5.73. The molecule has 1 saturated heterocycles. The highest BCUT2D eigenvalue weighted by atomic mass is 16.5. The molecule has 0 radical (unpaired) electrons. The molecule has 2 aromatic rings. The Bertz CT molecular complexity index is 834. The first-order chi connectivity index (χ1) is 14.5. The molecule has 0 spiro atoms. The summed E-state index contributed by atoms with van der Waals surface area (Å²) in [5.41, 5.74) is 2.05. The van der Waals surface area contributed by atoms with E-state index in [0.29, 0.717) is 19.6 Å². The van der Waals surface area contributed by atoms with Crippen LogP contribution in [-0.4, -0.2) is 44.0 Å². The molecule has 0 bridgehead atoms. The number of ether oxygens (including phenoxy) is 3. The Morgan fingerprint density at radius 2 is 1.63 bits per heavy atom. The Hall–Kier alpha value is -2.86. The highest BCUT2D eigenvalue weighted by Crippen LogP contribution is 2.32. The van der Waals surface area contributed by atoms with Crippen LogP contribution >= 0.6 is 0 Å². The quantitative estimate of drug-likeness (QED) is 0.557. The first-order valence-corrected chi connectivity index (χ1v) is 10.2. The fourth-order valence-corrected chi connectivity index (χ4v) is 3.86. The summed E-state index contributed by atoms with van der Waals surface area (Å²) in [5, 5.41) is 0. The van der Waals surface area contributed by atoms with Gasteiger partial charge in [-0.15, -0.1) is 0 Å². The van der Waals surface area contributed by atoms with Crippen LogP contribution in [-0.2, 0) is 20.9 Å². The van der Waals surface area contributed by atoms with Crippen molar-refractivity contribution in [2.24, 2.45) is 5.92 Å². The zero-order valence-electron chi connectivity index (χ0n) is 17.7. The second-order valence-electron chi connectivity index (χ2n) is 7.56. The van der Waals surface area contributed by atoms with Crippen molar-refractivity contribution in [2.45, 2.75) is 38.5 Å². The van der Waals surface area contributed by atoms with Gasteiger partial charge in [-0.1, -0.05) is 24.3 Å². The average molecular weight is 411 g/mol. The number of rotatable bonds is 10. The van der Waals surface area contributed by atoms with Gasteiger partial charge in [0.15, 0.2) is 0 Å². The van der Waals surface area contributed by atoms with E-state index >= 15 is 0 Å². The van der Waals surface area contributed by atoms with Crippen LogP contribution in [0.2, 0.25) is 0 Å². The van der Waals surface area contributed by atoms with Crippen molar-refractivity contribution >= 4 is 12.2 Å². The molecule has 1 aliphatic rings. The Morgan fingerprint density at radius 3 is 2.20 bits per heavy atom. The molecule has 1 amide bonds. The van der Waals surface area contributed by atoms with Gasteiger partial charge in [-0.3, -0.25) is 4.79 Å². The fraction of sp³-hybridized carbons (Fsp3) is 0.417. The molecule has 1 fully saturated rings. The molecule has 3 rings (SSSR count). The Morgan fingerprint density at radius 1 is 1.03 bits per heavy atom. The van der Waals surface area contributed by atoms with Gasteiger partial charge in [-0.05, 0) is 42.3 Å². The molecule has 6 heteroatoms. The van der Waals surface area contributed by atoms with Gasteiger partial charge in [0.05, 0.1) is 33.0 Å². The third-order valence-corrected chi connectivity index (χ3v) is 5.73. The van der Waals surface area contributed by atoms with E-state index in [1.54, 1.807) is 14.2 Å².